The SMILES string of the molecule is CCC(C)(C)Nc1ccc(C)cc1[N+](=O)[O-]. The lowest BCUT2D eigenvalue weighted by molar-refractivity contribution is -0.384. The second kappa shape index (κ2) is 4.51. The topological polar surface area (TPSA) is 55.2 Å². The third kappa shape index (κ3) is 2.95. The first kappa shape index (κ1) is 12.5. The zero-order valence-electron chi connectivity index (χ0n) is 10.2. The van der Waals surface area contributed by atoms with Crippen molar-refractivity contribution >= 4 is 11.4 Å². The maximum Gasteiger partial charge on any atom is 0.292 e. The van der Waals surface area contributed by atoms with E-state index in [1.54, 1.807) is 12.1 Å². The summed E-state index contributed by atoms with van der Waals surface area (Å²) in [6, 6.07) is 5.24. The van der Waals surface area contributed by atoms with E-state index in [0.717, 1.165) is 12.0 Å². The summed E-state index contributed by atoms with van der Waals surface area (Å²) in [6.07, 6.45) is 0.901. The molecule has 0 spiro atoms. The number of hydrogen-bond acceptors (Lipinski definition) is 3. The molecule has 0 aliphatic carbocycles. The van der Waals surface area contributed by atoms with Crippen molar-refractivity contribution in [2.24, 2.45) is 0 Å². The summed E-state index contributed by atoms with van der Waals surface area (Å²) in [4.78, 5) is 10.6. The first-order valence-corrected chi connectivity index (χ1v) is 5.39. The molecule has 0 unspecified atom stereocenters. The maximum absolute atomic E-state index is 10.9. The zero-order valence-corrected chi connectivity index (χ0v) is 10.2. The van der Waals surface area contributed by atoms with E-state index in [1.807, 2.05) is 33.8 Å². The molecule has 0 aromatic heterocycles. The molecule has 1 rings (SSSR count). The van der Waals surface area contributed by atoms with Gasteiger partial charge in [0.2, 0.25) is 0 Å². The molecular formula is C12H18N2O2. The molecule has 0 saturated carbocycles. The average Bonchev–Trinajstić information content (AvgIpc) is 2.20. The molecular weight excluding hydrogens is 204 g/mol. The molecule has 0 saturated heterocycles. The lowest BCUT2D eigenvalue weighted by atomic mass is 10.0. The van der Waals surface area contributed by atoms with E-state index in [2.05, 4.69) is 5.32 Å². The number of nitrogens with one attached hydrogen (secondary N) is 1. The van der Waals surface area contributed by atoms with Crippen molar-refractivity contribution in [1.82, 2.24) is 0 Å². The summed E-state index contributed by atoms with van der Waals surface area (Å²) in [5.41, 5.74) is 1.48. The second-order valence-corrected chi connectivity index (χ2v) is 4.64. The number of nitro benzene ring substituents is 1. The Hall–Kier alpha value is -1.58. The second-order valence-electron chi connectivity index (χ2n) is 4.64. The van der Waals surface area contributed by atoms with Gasteiger partial charge in [-0.1, -0.05) is 13.0 Å². The summed E-state index contributed by atoms with van der Waals surface area (Å²) in [5.74, 6) is 0. The monoisotopic (exact) mass is 222 g/mol. The van der Waals surface area contributed by atoms with Crippen LogP contribution in [0.2, 0.25) is 0 Å². The van der Waals surface area contributed by atoms with E-state index < -0.39 is 0 Å². The standard InChI is InChI=1S/C12H18N2O2/c1-5-12(3,4)13-10-7-6-9(2)8-11(10)14(15)16/h6-8,13H,5H2,1-4H3. The lowest BCUT2D eigenvalue weighted by Gasteiger charge is -2.25. The van der Waals surface area contributed by atoms with Crippen LogP contribution in [0.25, 0.3) is 0 Å². The molecule has 1 aromatic carbocycles. The van der Waals surface area contributed by atoms with Gasteiger partial charge in [0, 0.05) is 11.6 Å². The Bertz CT molecular complexity index is 400. The van der Waals surface area contributed by atoms with E-state index in [9.17, 15) is 10.1 Å². The minimum atomic E-state index is -0.346. The van der Waals surface area contributed by atoms with Gasteiger partial charge >= 0.3 is 0 Å². The first-order chi connectivity index (χ1) is 7.35. The fourth-order valence-corrected chi connectivity index (χ4v) is 1.35. The van der Waals surface area contributed by atoms with Crippen LogP contribution >= 0.6 is 0 Å². The van der Waals surface area contributed by atoms with Crippen LogP contribution in [0.4, 0.5) is 11.4 Å². The van der Waals surface area contributed by atoms with Crippen LogP contribution in [-0.4, -0.2) is 10.5 Å². The van der Waals surface area contributed by atoms with E-state index in [-0.39, 0.29) is 16.1 Å². The number of aryl methyl sites for hydroxylation is 1. The van der Waals surface area contributed by atoms with Crippen LogP contribution < -0.4 is 5.32 Å². The molecule has 16 heavy (non-hydrogen) atoms. The summed E-state index contributed by atoms with van der Waals surface area (Å²) < 4.78 is 0. The van der Waals surface area contributed by atoms with Crippen molar-refractivity contribution in [2.75, 3.05) is 5.32 Å². The lowest BCUT2D eigenvalue weighted by Crippen LogP contribution is -2.29. The molecule has 88 valence electrons. The molecule has 0 heterocycles. The van der Waals surface area contributed by atoms with E-state index in [4.69, 9.17) is 0 Å². The van der Waals surface area contributed by atoms with Crippen LogP contribution in [-0.2, 0) is 0 Å². The largest absolute Gasteiger partial charge is 0.375 e. The highest BCUT2D eigenvalue weighted by molar-refractivity contribution is 5.63. The summed E-state index contributed by atoms with van der Waals surface area (Å²) in [5, 5.41) is 14.1. The van der Waals surface area contributed by atoms with Crippen LogP contribution in [0.15, 0.2) is 18.2 Å². The van der Waals surface area contributed by atoms with Crippen molar-refractivity contribution in [3.63, 3.8) is 0 Å². The highest BCUT2D eigenvalue weighted by Gasteiger charge is 2.20. The molecule has 0 aliphatic rings. The highest BCUT2D eigenvalue weighted by Crippen LogP contribution is 2.28. The predicted molar refractivity (Wildman–Crippen MR) is 65.8 cm³/mol. The molecule has 0 atom stereocenters. The maximum atomic E-state index is 10.9. The van der Waals surface area contributed by atoms with Crippen molar-refractivity contribution < 1.29 is 4.92 Å². The van der Waals surface area contributed by atoms with Gasteiger partial charge in [0.1, 0.15) is 5.69 Å². The minimum absolute atomic E-state index is 0.139. The number of rotatable bonds is 4. The van der Waals surface area contributed by atoms with Crippen molar-refractivity contribution in [3.8, 4) is 0 Å². The summed E-state index contributed by atoms with van der Waals surface area (Å²) in [7, 11) is 0. The van der Waals surface area contributed by atoms with E-state index >= 15 is 0 Å². The number of anilines is 1. The van der Waals surface area contributed by atoms with Crippen LogP contribution in [0, 0.1) is 17.0 Å². The molecule has 0 amide bonds. The van der Waals surface area contributed by atoms with Gasteiger partial charge in [-0.2, -0.15) is 0 Å². The van der Waals surface area contributed by atoms with Gasteiger partial charge in [0.25, 0.3) is 5.69 Å². The fraction of sp³-hybridized carbons (Fsp3) is 0.500. The molecule has 0 fully saturated rings. The number of nitro groups is 1. The third-order valence-electron chi connectivity index (χ3n) is 2.71. The van der Waals surface area contributed by atoms with E-state index in [1.165, 1.54) is 0 Å². The van der Waals surface area contributed by atoms with Crippen molar-refractivity contribution in [1.29, 1.82) is 0 Å². The number of benzene rings is 1. The Morgan fingerprint density at radius 3 is 2.56 bits per heavy atom. The molecule has 0 aliphatic heterocycles. The van der Waals surface area contributed by atoms with Crippen LogP contribution in [0.1, 0.15) is 32.8 Å². The zero-order chi connectivity index (χ0) is 12.3. The minimum Gasteiger partial charge on any atom is -0.375 e. The third-order valence-corrected chi connectivity index (χ3v) is 2.71. The van der Waals surface area contributed by atoms with Gasteiger partial charge in [-0.15, -0.1) is 0 Å². The highest BCUT2D eigenvalue weighted by atomic mass is 16.6. The predicted octanol–water partition coefficient (Wildman–Crippen LogP) is 3.50. The van der Waals surface area contributed by atoms with Crippen LogP contribution in [0.3, 0.4) is 0 Å². The average molecular weight is 222 g/mol. The van der Waals surface area contributed by atoms with Gasteiger partial charge in [0.15, 0.2) is 0 Å². The number of hydrogen-bond donors (Lipinski definition) is 1. The molecule has 1 N–H and O–H groups in total. The van der Waals surface area contributed by atoms with Crippen molar-refractivity contribution in [3.05, 3.63) is 33.9 Å². The Morgan fingerprint density at radius 1 is 1.44 bits per heavy atom. The van der Waals surface area contributed by atoms with Crippen molar-refractivity contribution in [2.45, 2.75) is 39.7 Å². The Labute approximate surface area is 95.8 Å². The Kier molecular flexibility index (Phi) is 3.52. The van der Waals surface area contributed by atoms with Gasteiger partial charge in [-0.3, -0.25) is 10.1 Å². The Balaban J connectivity index is 3.09. The number of nitrogens with zero attached hydrogens (tertiary/aromatic N) is 1. The fourth-order valence-electron chi connectivity index (χ4n) is 1.35. The molecule has 0 radical (unpaired) electrons. The van der Waals surface area contributed by atoms with E-state index in [0.29, 0.717) is 5.69 Å². The van der Waals surface area contributed by atoms with Gasteiger partial charge in [-0.05, 0) is 38.8 Å². The molecule has 4 nitrogen and oxygen atoms in total. The van der Waals surface area contributed by atoms with Crippen LogP contribution in [0.5, 0.6) is 0 Å². The summed E-state index contributed by atoms with van der Waals surface area (Å²) in [6.45, 7) is 7.95. The normalized spacial score (nSPS) is 11.2. The molecule has 4 heteroatoms. The Morgan fingerprint density at radius 2 is 2.06 bits per heavy atom. The quantitative estimate of drug-likeness (QED) is 0.626. The molecule has 1 aromatic rings. The molecule has 0 bridgehead atoms. The van der Waals surface area contributed by atoms with Gasteiger partial charge < -0.3 is 5.32 Å². The summed E-state index contributed by atoms with van der Waals surface area (Å²) >= 11 is 0. The van der Waals surface area contributed by atoms with Gasteiger partial charge in [0.05, 0.1) is 4.92 Å². The van der Waals surface area contributed by atoms with Gasteiger partial charge in [-0.25, -0.2) is 0 Å². The smallest absolute Gasteiger partial charge is 0.292 e. The first-order valence-electron chi connectivity index (χ1n) is 5.39.